The Hall–Kier alpha value is -1.37. The molecule has 0 aliphatic heterocycles. The predicted molar refractivity (Wildman–Crippen MR) is 78.9 cm³/mol. The molecule has 2 aromatic rings. The van der Waals surface area contributed by atoms with Crippen molar-refractivity contribution in [2.24, 2.45) is 0 Å². The summed E-state index contributed by atoms with van der Waals surface area (Å²) in [5, 5.41) is 17.9. The summed E-state index contributed by atoms with van der Waals surface area (Å²) < 4.78 is 7.34. The number of aromatic nitrogens is 3. The zero-order valence-corrected chi connectivity index (χ0v) is 12.3. The zero-order valence-electron chi connectivity index (χ0n) is 11.5. The van der Waals surface area contributed by atoms with E-state index in [0.29, 0.717) is 13.2 Å². The number of aliphatic hydroxyl groups is 1. The Morgan fingerprint density at radius 2 is 2.00 bits per heavy atom. The van der Waals surface area contributed by atoms with Crippen LogP contribution < -0.4 is 0 Å². The second-order valence-electron chi connectivity index (χ2n) is 4.29. The molecule has 0 unspecified atom stereocenters. The molecule has 1 aromatic heterocycles. The van der Waals surface area contributed by atoms with Crippen molar-refractivity contribution < 1.29 is 9.84 Å². The fourth-order valence-corrected chi connectivity index (χ4v) is 2.61. The van der Waals surface area contributed by atoms with E-state index in [2.05, 4.69) is 26.9 Å². The molecule has 1 N–H and O–H groups in total. The topological polar surface area (TPSA) is 60.2 Å². The van der Waals surface area contributed by atoms with Crippen molar-refractivity contribution in [2.75, 3.05) is 25.6 Å². The number of aryl methyl sites for hydroxylation is 1. The molecule has 0 radical (unpaired) electrons. The molecule has 0 bridgehead atoms. The van der Waals surface area contributed by atoms with Crippen molar-refractivity contribution in [1.29, 1.82) is 0 Å². The normalized spacial score (nSPS) is 10.9. The highest BCUT2D eigenvalue weighted by Gasteiger charge is 2.09. The summed E-state index contributed by atoms with van der Waals surface area (Å²) >= 11 is 1.62. The van der Waals surface area contributed by atoms with E-state index in [4.69, 9.17) is 9.84 Å². The first-order valence-corrected chi connectivity index (χ1v) is 7.55. The smallest absolute Gasteiger partial charge is 0.191 e. The molecular weight excluding hydrogens is 274 g/mol. The van der Waals surface area contributed by atoms with Gasteiger partial charge in [-0.1, -0.05) is 42.1 Å². The van der Waals surface area contributed by atoms with E-state index < -0.39 is 0 Å². The SMILES string of the molecule is Cc1nnc(SCCOCCO)n1Cc1ccccc1. The van der Waals surface area contributed by atoms with E-state index in [1.54, 1.807) is 11.8 Å². The van der Waals surface area contributed by atoms with Crippen LogP contribution >= 0.6 is 11.8 Å². The predicted octanol–water partition coefficient (Wildman–Crippen LogP) is 1.74. The highest BCUT2D eigenvalue weighted by atomic mass is 32.2. The maximum atomic E-state index is 8.64. The third kappa shape index (κ3) is 4.33. The third-order valence-corrected chi connectivity index (χ3v) is 3.71. The van der Waals surface area contributed by atoms with Crippen molar-refractivity contribution in [3.05, 3.63) is 41.7 Å². The van der Waals surface area contributed by atoms with Gasteiger partial charge in [0, 0.05) is 5.75 Å². The maximum Gasteiger partial charge on any atom is 0.191 e. The molecule has 0 spiro atoms. The van der Waals surface area contributed by atoms with Crippen molar-refractivity contribution in [1.82, 2.24) is 14.8 Å². The Kier molecular flexibility index (Phi) is 6.04. The van der Waals surface area contributed by atoms with E-state index >= 15 is 0 Å². The van der Waals surface area contributed by atoms with Crippen molar-refractivity contribution >= 4 is 11.8 Å². The van der Waals surface area contributed by atoms with E-state index in [0.717, 1.165) is 23.3 Å². The number of hydrogen-bond acceptors (Lipinski definition) is 5. The Balaban J connectivity index is 1.93. The second kappa shape index (κ2) is 8.04. The number of hydrogen-bond donors (Lipinski definition) is 1. The number of nitrogens with zero attached hydrogens (tertiary/aromatic N) is 3. The highest BCUT2D eigenvalue weighted by Crippen LogP contribution is 2.18. The Labute approximate surface area is 123 Å². The number of thioether (sulfide) groups is 1. The average molecular weight is 293 g/mol. The van der Waals surface area contributed by atoms with Gasteiger partial charge in [0.1, 0.15) is 5.82 Å². The quantitative estimate of drug-likeness (QED) is 0.593. The minimum atomic E-state index is 0.0635. The number of rotatable bonds is 8. The van der Waals surface area contributed by atoms with Gasteiger partial charge in [0.25, 0.3) is 0 Å². The Morgan fingerprint density at radius 1 is 1.20 bits per heavy atom. The van der Waals surface area contributed by atoms with E-state index in [-0.39, 0.29) is 6.61 Å². The molecular formula is C14H19N3O2S. The molecule has 108 valence electrons. The van der Waals surface area contributed by atoms with Crippen LogP contribution in [0.3, 0.4) is 0 Å². The molecule has 1 heterocycles. The van der Waals surface area contributed by atoms with Gasteiger partial charge in [-0.05, 0) is 12.5 Å². The Bertz CT molecular complexity index is 516. The van der Waals surface area contributed by atoms with Gasteiger partial charge in [-0.3, -0.25) is 0 Å². The van der Waals surface area contributed by atoms with Crippen LogP contribution in [0.25, 0.3) is 0 Å². The van der Waals surface area contributed by atoms with Gasteiger partial charge >= 0.3 is 0 Å². The monoisotopic (exact) mass is 293 g/mol. The summed E-state index contributed by atoms with van der Waals surface area (Å²) in [6.07, 6.45) is 0. The largest absolute Gasteiger partial charge is 0.394 e. The van der Waals surface area contributed by atoms with Gasteiger partial charge in [0.05, 0.1) is 26.4 Å². The summed E-state index contributed by atoms with van der Waals surface area (Å²) in [6, 6.07) is 10.3. The summed E-state index contributed by atoms with van der Waals surface area (Å²) in [4.78, 5) is 0. The molecule has 2 rings (SSSR count). The van der Waals surface area contributed by atoms with Gasteiger partial charge in [-0.15, -0.1) is 10.2 Å². The first kappa shape index (κ1) is 15.0. The van der Waals surface area contributed by atoms with Gasteiger partial charge in [0.2, 0.25) is 0 Å². The fourth-order valence-electron chi connectivity index (χ4n) is 1.77. The molecule has 0 fully saturated rings. The van der Waals surface area contributed by atoms with Crippen LogP contribution in [0.2, 0.25) is 0 Å². The second-order valence-corrected chi connectivity index (χ2v) is 5.35. The van der Waals surface area contributed by atoms with Gasteiger partial charge in [-0.25, -0.2) is 0 Å². The molecule has 20 heavy (non-hydrogen) atoms. The summed E-state index contributed by atoms with van der Waals surface area (Å²) in [6.45, 7) is 3.79. The highest BCUT2D eigenvalue weighted by molar-refractivity contribution is 7.99. The van der Waals surface area contributed by atoms with Crippen molar-refractivity contribution in [2.45, 2.75) is 18.6 Å². The van der Waals surface area contributed by atoms with Crippen LogP contribution in [-0.2, 0) is 11.3 Å². The standard InChI is InChI=1S/C14H19N3O2S/c1-12-15-16-14(20-10-9-19-8-7-18)17(12)11-13-5-3-2-4-6-13/h2-6,18H,7-11H2,1H3. The molecule has 0 saturated heterocycles. The molecule has 0 atom stereocenters. The van der Waals surface area contributed by atoms with Crippen LogP contribution in [0, 0.1) is 6.92 Å². The van der Waals surface area contributed by atoms with E-state index in [1.165, 1.54) is 5.56 Å². The zero-order chi connectivity index (χ0) is 14.2. The Morgan fingerprint density at radius 3 is 2.75 bits per heavy atom. The van der Waals surface area contributed by atoms with Crippen LogP contribution in [0.1, 0.15) is 11.4 Å². The van der Waals surface area contributed by atoms with Gasteiger partial charge < -0.3 is 14.4 Å². The lowest BCUT2D eigenvalue weighted by atomic mass is 10.2. The van der Waals surface area contributed by atoms with E-state index in [9.17, 15) is 0 Å². The average Bonchev–Trinajstić information content (AvgIpc) is 2.81. The number of aliphatic hydroxyl groups excluding tert-OH is 1. The fraction of sp³-hybridized carbons (Fsp3) is 0.429. The maximum absolute atomic E-state index is 8.64. The molecule has 1 aromatic carbocycles. The molecule has 5 nitrogen and oxygen atoms in total. The lowest BCUT2D eigenvalue weighted by Crippen LogP contribution is -2.06. The van der Waals surface area contributed by atoms with Crippen LogP contribution in [0.4, 0.5) is 0 Å². The van der Waals surface area contributed by atoms with Crippen LogP contribution in [0.5, 0.6) is 0 Å². The minimum Gasteiger partial charge on any atom is -0.394 e. The van der Waals surface area contributed by atoms with Crippen LogP contribution in [-0.4, -0.2) is 45.4 Å². The molecule has 0 aliphatic rings. The number of ether oxygens (including phenoxy) is 1. The number of benzene rings is 1. The molecule has 0 amide bonds. The third-order valence-electron chi connectivity index (χ3n) is 2.78. The van der Waals surface area contributed by atoms with Crippen molar-refractivity contribution in [3.63, 3.8) is 0 Å². The van der Waals surface area contributed by atoms with E-state index in [1.807, 2.05) is 25.1 Å². The molecule has 0 saturated carbocycles. The summed E-state index contributed by atoms with van der Waals surface area (Å²) in [5.41, 5.74) is 1.23. The lowest BCUT2D eigenvalue weighted by Gasteiger charge is -2.08. The first-order chi connectivity index (χ1) is 9.81. The molecule has 0 aliphatic carbocycles. The first-order valence-electron chi connectivity index (χ1n) is 6.56. The summed E-state index contributed by atoms with van der Waals surface area (Å²) in [7, 11) is 0. The molecule has 6 heteroatoms. The van der Waals surface area contributed by atoms with Gasteiger partial charge in [0.15, 0.2) is 5.16 Å². The summed E-state index contributed by atoms with van der Waals surface area (Å²) in [5.74, 6) is 1.71. The van der Waals surface area contributed by atoms with Crippen molar-refractivity contribution in [3.8, 4) is 0 Å². The van der Waals surface area contributed by atoms with Gasteiger partial charge in [-0.2, -0.15) is 0 Å². The minimum absolute atomic E-state index is 0.0635. The lowest BCUT2D eigenvalue weighted by molar-refractivity contribution is 0.103. The van der Waals surface area contributed by atoms with Crippen LogP contribution in [0.15, 0.2) is 35.5 Å².